The third-order valence-electron chi connectivity index (χ3n) is 3.07. The smallest absolute Gasteiger partial charge is 0.0922 e. The molecule has 1 atom stereocenters. The predicted octanol–water partition coefficient (Wildman–Crippen LogP) is 3.49. The molecule has 0 N–H and O–H groups in total. The van der Waals surface area contributed by atoms with Gasteiger partial charge in [-0.3, -0.25) is 4.98 Å². The zero-order valence-corrected chi connectivity index (χ0v) is 10.6. The van der Waals surface area contributed by atoms with E-state index in [2.05, 4.69) is 27.4 Å². The van der Waals surface area contributed by atoms with Crippen molar-refractivity contribution in [1.82, 2.24) is 4.98 Å². The van der Waals surface area contributed by atoms with Crippen molar-refractivity contribution in [3.63, 3.8) is 0 Å². The van der Waals surface area contributed by atoms with Gasteiger partial charge in [-0.25, -0.2) is 0 Å². The summed E-state index contributed by atoms with van der Waals surface area (Å²) in [6.45, 7) is 1.74. The summed E-state index contributed by atoms with van der Waals surface area (Å²) in [6, 6.07) is 3.99. The summed E-state index contributed by atoms with van der Waals surface area (Å²) in [7, 11) is 0. The Hall–Kier alpha value is -1.09. The molecule has 1 saturated heterocycles. The Bertz CT molecular complexity index is 390. The minimum absolute atomic E-state index is 0.515. The molecular formula is C13H16N2OS. The molecule has 0 radical (unpaired) electrons. The van der Waals surface area contributed by atoms with E-state index < -0.39 is 0 Å². The quantitative estimate of drug-likeness (QED) is 0.593. The number of hydrogen-bond donors (Lipinski definition) is 0. The van der Waals surface area contributed by atoms with Crippen LogP contribution in [0.3, 0.4) is 0 Å². The molecule has 1 aromatic rings. The van der Waals surface area contributed by atoms with E-state index in [1.165, 1.54) is 12.8 Å². The van der Waals surface area contributed by atoms with Crippen molar-refractivity contribution in [2.24, 2.45) is 4.99 Å². The van der Waals surface area contributed by atoms with Crippen LogP contribution in [-0.2, 0) is 4.74 Å². The number of ether oxygens (including phenoxy) is 1. The zero-order chi connectivity index (χ0) is 11.9. The van der Waals surface area contributed by atoms with E-state index in [-0.39, 0.29) is 0 Å². The Morgan fingerprint density at radius 1 is 1.29 bits per heavy atom. The molecule has 1 fully saturated rings. The van der Waals surface area contributed by atoms with Crippen LogP contribution in [0.1, 0.15) is 37.3 Å². The maximum atomic E-state index is 5.52. The van der Waals surface area contributed by atoms with E-state index in [4.69, 9.17) is 4.74 Å². The number of pyridine rings is 1. The average Bonchev–Trinajstić information content (AvgIpc) is 2.30. The third kappa shape index (κ3) is 3.70. The highest BCUT2D eigenvalue weighted by Gasteiger charge is 2.14. The van der Waals surface area contributed by atoms with Gasteiger partial charge in [0.25, 0.3) is 0 Å². The fourth-order valence-electron chi connectivity index (χ4n) is 2.12. The van der Waals surface area contributed by atoms with Crippen LogP contribution in [0.15, 0.2) is 23.3 Å². The second-order valence-electron chi connectivity index (χ2n) is 4.24. The van der Waals surface area contributed by atoms with Crippen LogP contribution in [0.5, 0.6) is 0 Å². The highest BCUT2D eigenvalue weighted by atomic mass is 32.1. The van der Waals surface area contributed by atoms with E-state index in [9.17, 15) is 0 Å². The number of hydrogen-bond acceptors (Lipinski definition) is 4. The molecule has 2 rings (SSSR count). The van der Waals surface area contributed by atoms with Crippen LogP contribution in [0.2, 0.25) is 0 Å². The number of aliphatic imine (C=N–C) groups is 1. The molecule has 1 aliphatic heterocycles. The molecular weight excluding hydrogens is 232 g/mol. The topological polar surface area (TPSA) is 34.5 Å². The lowest BCUT2D eigenvalue weighted by molar-refractivity contribution is 0.110. The largest absolute Gasteiger partial charge is 0.381 e. The maximum Gasteiger partial charge on any atom is 0.0922 e. The molecule has 1 aromatic heterocycles. The fourth-order valence-corrected chi connectivity index (χ4v) is 2.23. The predicted molar refractivity (Wildman–Crippen MR) is 71.0 cm³/mol. The lowest BCUT2D eigenvalue weighted by Crippen LogP contribution is -2.10. The van der Waals surface area contributed by atoms with Gasteiger partial charge in [0.2, 0.25) is 0 Å². The molecule has 2 heterocycles. The Morgan fingerprint density at radius 3 is 3.00 bits per heavy atom. The normalized spacial score (nSPS) is 21.1. The van der Waals surface area contributed by atoms with Gasteiger partial charge in [-0.15, -0.1) is 0 Å². The van der Waals surface area contributed by atoms with Gasteiger partial charge in [0.05, 0.1) is 17.0 Å². The fraction of sp³-hybridized carbons (Fsp3) is 0.538. The summed E-state index contributed by atoms with van der Waals surface area (Å²) in [4.78, 5) is 8.36. The second-order valence-corrected chi connectivity index (χ2v) is 4.42. The number of rotatable bonds is 2. The van der Waals surface area contributed by atoms with Gasteiger partial charge >= 0.3 is 0 Å². The summed E-state index contributed by atoms with van der Waals surface area (Å²) in [5.41, 5.74) is 1.91. The molecule has 0 saturated carbocycles. The molecule has 3 nitrogen and oxygen atoms in total. The Balaban J connectivity index is 2.06. The van der Waals surface area contributed by atoms with Crippen LogP contribution in [-0.4, -0.2) is 23.4 Å². The van der Waals surface area contributed by atoms with Crippen molar-refractivity contribution in [1.29, 1.82) is 0 Å². The molecule has 0 aliphatic carbocycles. The first kappa shape index (κ1) is 12.4. The van der Waals surface area contributed by atoms with Gasteiger partial charge in [0.15, 0.2) is 0 Å². The first-order valence-corrected chi connectivity index (χ1v) is 6.42. The average molecular weight is 248 g/mol. The minimum atomic E-state index is 0.515. The summed E-state index contributed by atoms with van der Waals surface area (Å²) >= 11 is 4.56. The van der Waals surface area contributed by atoms with Gasteiger partial charge in [0, 0.05) is 24.8 Å². The summed E-state index contributed by atoms with van der Waals surface area (Å²) < 4.78 is 5.52. The molecule has 1 aliphatic rings. The Kier molecular flexibility index (Phi) is 4.80. The highest BCUT2D eigenvalue weighted by molar-refractivity contribution is 7.78. The first-order chi connectivity index (χ1) is 8.40. The van der Waals surface area contributed by atoms with Crippen molar-refractivity contribution in [3.8, 4) is 0 Å². The van der Waals surface area contributed by atoms with Gasteiger partial charge in [-0.05, 0) is 43.6 Å². The highest BCUT2D eigenvalue weighted by Crippen LogP contribution is 2.26. The van der Waals surface area contributed by atoms with E-state index in [0.29, 0.717) is 5.92 Å². The lowest BCUT2D eigenvalue weighted by atomic mass is 9.94. The van der Waals surface area contributed by atoms with Gasteiger partial charge in [0.1, 0.15) is 0 Å². The monoisotopic (exact) mass is 248 g/mol. The van der Waals surface area contributed by atoms with Crippen LogP contribution in [0.4, 0.5) is 5.69 Å². The Labute approximate surface area is 107 Å². The van der Waals surface area contributed by atoms with Crippen LogP contribution in [0.25, 0.3) is 0 Å². The van der Waals surface area contributed by atoms with E-state index in [1.807, 2.05) is 12.1 Å². The van der Waals surface area contributed by atoms with Gasteiger partial charge in [-0.2, -0.15) is 4.99 Å². The molecule has 90 valence electrons. The van der Waals surface area contributed by atoms with Gasteiger partial charge < -0.3 is 4.74 Å². The molecule has 0 spiro atoms. The first-order valence-electron chi connectivity index (χ1n) is 6.02. The summed E-state index contributed by atoms with van der Waals surface area (Å²) in [5, 5.41) is 2.35. The minimum Gasteiger partial charge on any atom is -0.381 e. The van der Waals surface area contributed by atoms with Crippen LogP contribution < -0.4 is 0 Å². The number of nitrogens with zero attached hydrogens (tertiary/aromatic N) is 2. The summed E-state index contributed by atoms with van der Waals surface area (Å²) in [5.74, 6) is 0.515. The Morgan fingerprint density at radius 2 is 2.24 bits per heavy atom. The number of aromatic nitrogens is 1. The molecule has 0 amide bonds. The standard InChI is InChI=1S/C13H16N2OS/c17-10-15-12-4-5-13(14-9-12)11-3-1-2-7-16-8-6-11/h4-5,9,11H,1-3,6-8H2. The van der Waals surface area contributed by atoms with E-state index >= 15 is 0 Å². The SMILES string of the molecule is S=C=Nc1ccc(C2CCCCOCC2)nc1. The van der Waals surface area contributed by atoms with Gasteiger partial charge in [-0.1, -0.05) is 6.42 Å². The summed E-state index contributed by atoms with van der Waals surface area (Å²) in [6.07, 6.45) is 6.39. The number of isothiocyanates is 1. The zero-order valence-electron chi connectivity index (χ0n) is 9.76. The van der Waals surface area contributed by atoms with Crippen LogP contribution >= 0.6 is 12.2 Å². The van der Waals surface area contributed by atoms with Crippen molar-refractivity contribution >= 4 is 23.1 Å². The van der Waals surface area contributed by atoms with E-state index in [0.717, 1.165) is 37.4 Å². The van der Waals surface area contributed by atoms with E-state index in [1.54, 1.807) is 6.20 Å². The molecule has 17 heavy (non-hydrogen) atoms. The molecule has 4 heteroatoms. The molecule has 0 aromatic carbocycles. The van der Waals surface area contributed by atoms with Crippen LogP contribution in [0, 0.1) is 0 Å². The van der Waals surface area contributed by atoms with Crippen molar-refractivity contribution in [3.05, 3.63) is 24.0 Å². The van der Waals surface area contributed by atoms with Crippen molar-refractivity contribution in [2.75, 3.05) is 13.2 Å². The lowest BCUT2D eigenvalue weighted by Gasteiger charge is -2.19. The maximum absolute atomic E-state index is 5.52. The molecule has 1 unspecified atom stereocenters. The third-order valence-corrected chi connectivity index (χ3v) is 3.16. The second kappa shape index (κ2) is 6.60. The van der Waals surface area contributed by atoms with Crippen molar-refractivity contribution < 1.29 is 4.74 Å². The number of thiocarbonyl (C=S) groups is 1. The molecule has 0 bridgehead atoms. The van der Waals surface area contributed by atoms with Crippen molar-refractivity contribution in [2.45, 2.75) is 31.6 Å².